The highest BCUT2D eigenvalue weighted by Gasteiger charge is 2.33. The zero-order valence-electron chi connectivity index (χ0n) is 12.8. The minimum absolute atomic E-state index is 0.00364. The first-order valence-corrected chi connectivity index (χ1v) is 10.0. The Kier molecular flexibility index (Phi) is 4.06. The van der Waals surface area contributed by atoms with Crippen LogP contribution in [-0.2, 0) is 24.7 Å². The van der Waals surface area contributed by atoms with Crippen molar-refractivity contribution in [1.29, 1.82) is 0 Å². The van der Waals surface area contributed by atoms with Crippen molar-refractivity contribution in [2.24, 2.45) is 0 Å². The summed E-state index contributed by atoms with van der Waals surface area (Å²) < 4.78 is 57.5. The van der Waals surface area contributed by atoms with Gasteiger partial charge in [-0.2, -0.15) is 4.72 Å². The summed E-state index contributed by atoms with van der Waals surface area (Å²) in [6.45, 7) is 1.16. The lowest BCUT2D eigenvalue weighted by molar-refractivity contribution is -0.138. The molecule has 3 rings (SSSR count). The number of ether oxygens (including phenoxy) is 1. The molecule has 1 atom stereocenters. The molecule has 0 bridgehead atoms. The molecule has 0 saturated carbocycles. The molecular formula is C15H13NO7S2. The van der Waals surface area contributed by atoms with Gasteiger partial charge in [0.15, 0.2) is 0 Å². The molecular weight excluding hydrogens is 370 g/mol. The minimum atomic E-state index is -4.22. The molecule has 2 aromatic rings. The zero-order valence-corrected chi connectivity index (χ0v) is 14.5. The summed E-state index contributed by atoms with van der Waals surface area (Å²) >= 11 is 0. The molecule has 132 valence electrons. The Hall–Kier alpha value is -2.43. The number of hydrogen-bond donors (Lipinski definition) is 2. The fraction of sp³-hybridized carbons (Fsp3) is 0.133. The van der Waals surface area contributed by atoms with Crippen LogP contribution < -0.4 is 9.46 Å². The van der Waals surface area contributed by atoms with Crippen molar-refractivity contribution in [2.75, 3.05) is 0 Å². The molecule has 0 saturated heterocycles. The highest BCUT2D eigenvalue weighted by molar-refractivity contribution is 7.92. The molecule has 1 aliphatic heterocycles. The van der Waals surface area contributed by atoms with E-state index in [2.05, 4.69) is 0 Å². The van der Waals surface area contributed by atoms with Crippen LogP contribution in [0.25, 0.3) is 0 Å². The lowest BCUT2D eigenvalue weighted by Gasteiger charge is -2.21. The fourth-order valence-corrected chi connectivity index (χ4v) is 5.12. The first kappa shape index (κ1) is 17.4. The summed E-state index contributed by atoms with van der Waals surface area (Å²) in [5.74, 6) is -1.20. The second-order valence-electron chi connectivity index (χ2n) is 5.34. The molecule has 1 aliphatic rings. The van der Waals surface area contributed by atoms with Crippen molar-refractivity contribution in [3.8, 4) is 11.5 Å². The molecule has 0 radical (unpaired) electrons. The van der Waals surface area contributed by atoms with Gasteiger partial charge in [-0.05, 0) is 37.3 Å². The summed E-state index contributed by atoms with van der Waals surface area (Å²) in [4.78, 5) is 10.1. The number of hydrogen-bond acceptors (Lipinski definition) is 6. The largest absolute Gasteiger partial charge is 0.480 e. The van der Waals surface area contributed by atoms with Gasteiger partial charge in [0.2, 0.25) is 19.9 Å². The van der Waals surface area contributed by atoms with Gasteiger partial charge in [0.1, 0.15) is 27.3 Å². The van der Waals surface area contributed by atoms with Crippen LogP contribution in [0.3, 0.4) is 0 Å². The highest BCUT2D eigenvalue weighted by atomic mass is 32.2. The summed E-state index contributed by atoms with van der Waals surface area (Å²) in [5.41, 5.74) is 0. The smallest absolute Gasteiger partial charge is 0.321 e. The van der Waals surface area contributed by atoms with E-state index in [1.54, 1.807) is 6.07 Å². The van der Waals surface area contributed by atoms with E-state index in [9.17, 15) is 21.6 Å². The van der Waals surface area contributed by atoms with Gasteiger partial charge < -0.3 is 9.84 Å². The molecule has 0 unspecified atom stereocenters. The fourth-order valence-electron chi connectivity index (χ4n) is 2.29. The lowest BCUT2D eigenvalue weighted by Crippen LogP contribution is -2.38. The van der Waals surface area contributed by atoms with E-state index in [1.165, 1.54) is 24.3 Å². The first-order valence-electron chi connectivity index (χ1n) is 7.04. The van der Waals surface area contributed by atoms with Crippen LogP contribution in [0.2, 0.25) is 0 Å². The van der Waals surface area contributed by atoms with E-state index in [0.29, 0.717) is 0 Å². The molecule has 0 aliphatic carbocycles. The predicted molar refractivity (Wildman–Crippen MR) is 85.8 cm³/mol. The zero-order chi connectivity index (χ0) is 18.4. The van der Waals surface area contributed by atoms with Crippen LogP contribution in [0.1, 0.15) is 6.92 Å². The van der Waals surface area contributed by atoms with Crippen LogP contribution in [0.15, 0.2) is 57.2 Å². The third-order valence-electron chi connectivity index (χ3n) is 3.58. The van der Waals surface area contributed by atoms with Gasteiger partial charge in [0.05, 0.1) is 4.90 Å². The first-order chi connectivity index (χ1) is 11.6. The Labute approximate surface area is 144 Å². The monoisotopic (exact) mass is 383 g/mol. The third-order valence-corrected chi connectivity index (χ3v) is 6.93. The lowest BCUT2D eigenvalue weighted by atomic mass is 10.3. The SMILES string of the molecule is C[C@@H](NS(=O)(=O)c1ccc2c(c1)S(=O)(=O)c1ccccc1O2)C(=O)O. The second-order valence-corrected chi connectivity index (χ2v) is 8.94. The molecule has 25 heavy (non-hydrogen) atoms. The van der Waals surface area contributed by atoms with Crippen LogP contribution in [0.5, 0.6) is 11.5 Å². The number of carboxylic acids is 1. The Bertz CT molecular complexity index is 1070. The number of para-hydroxylation sites is 1. The molecule has 0 fully saturated rings. The third kappa shape index (κ3) is 2.99. The second kappa shape index (κ2) is 5.83. The van der Waals surface area contributed by atoms with Crippen LogP contribution in [-0.4, -0.2) is 34.0 Å². The molecule has 2 N–H and O–H groups in total. The minimum Gasteiger partial charge on any atom is -0.480 e. The van der Waals surface area contributed by atoms with Gasteiger partial charge in [-0.1, -0.05) is 12.1 Å². The number of carboxylic acid groups (broad SMARTS) is 1. The van der Waals surface area contributed by atoms with E-state index >= 15 is 0 Å². The average Bonchev–Trinajstić information content (AvgIpc) is 2.54. The normalized spacial score (nSPS) is 16.2. The number of sulfonamides is 1. The summed E-state index contributed by atoms with van der Waals surface area (Å²) in [6, 6.07) is 7.97. The van der Waals surface area contributed by atoms with Crippen molar-refractivity contribution in [3.63, 3.8) is 0 Å². The van der Waals surface area contributed by atoms with Crippen molar-refractivity contribution in [2.45, 2.75) is 27.7 Å². The Morgan fingerprint density at radius 2 is 1.76 bits per heavy atom. The van der Waals surface area contributed by atoms with Crippen LogP contribution in [0.4, 0.5) is 0 Å². The van der Waals surface area contributed by atoms with Crippen molar-refractivity contribution < 1.29 is 31.5 Å². The van der Waals surface area contributed by atoms with Gasteiger partial charge in [-0.15, -0.1) is 0 Å². The van der Waals surface area contributed by atoms with Crippen LogP contribution in [0, 0.1) is 0 Å². The van der Waals surface area contributed by atoms with Crippen LogP contribution >= 0.6 is 0 Å². The average molecular weight is 383 g/mol. The summed E-state index contributed by atoms with van der Waals surface area (Å²) in [5, 5.41) is 8.83. The predicted octanol–water partition coefficient (Wildman–Crippen LogP) is 1.38. The van der Waals surface area contributed by atoms with E-state index in [1.807, 2.05) is 4.72 Å². The molecule has 2 aromatic carbocycles. The summed E-state index contributed by atoms with van der Waals surface area (Å²) in [6.07, 6.45) is 0. The molecule has 0 spiro atoms. The molecule has 10 heteroatoms. The van der Waals surface area contributed by atoms with Gasteiger partial charge in [-0.3, -0.25) is 4.79 Å². The van der Waals surface area contributed by atoms with E-state index < -0.39 is 31.9 Å². The number of sulfone groups is 1. The summed E-state index contributed by atoms with van der Waals surface area (Å²) in [7, 11) is -8.18. The number of fused-ring (bicyclic) bond motifs is 2. The van der Waals surface area contributed by atoms with Crippen molar-refractivity contribution in [1.82, 2.24) is 4.72 Å². The molecule has 0 amide bonds. The van der Waals surface area contributed by atoms with Gasteiger partial charge in [0, 0.05) is 0 Å². The van der Waals surface area contributed by atoms with Gasteiger partial charge in [-0.25, -0.2) is 16.8 Å². The maximum absolute atomic E-state index is 12.7. The maximum Gasteiger partial charge on any atom is 0.321 e. The van der Waals surface area contributed by atoms with Crippen molar-refractivity contribution >= 4 is 25.8 Å². The van der Waals surface area contributed by atoms with E-state index in [-0.39, 0.29) is 26.2 Å². The number of carbonyl (C=O) groups is 1. The Balaban J connectivity index is 2.09. The van der Waals surface area contributed by atoms with Crippen molar-refractivity contribution in [3.05, 3.63) is 42.5 Å². The number of rotatable bonds is 4. The number of aliphatic carboxylic acids is 1. The maximum atomic E-state index is 12.7. The Morgan fingerprint density at radius 1 is 1.12 bits per heavy atom. The van der Waals surface area contributed by atoms with E-state index in [4.69, 9.17) is 9.84 Å². The number of nitrogens with one attached hydrogen (secondary N) is 1. The molecule has 0 aromatic heterocycles. The Morgan fingerprint density at radius 3 is 2.44 bits per heavy atom. The van der Waals surface area contributed by atoms with Gasteiger partial charge in [0.25, 0.3) is 0 Å². The molecule has 8 nitrogen and oxygen atoms in total. The van der Waals surface area contributed by atoms with Gasteiger partial charge >= 0.3 is 5.97 Å². The quantitative estimate of drug-likeness (QED) is 0.697. The standard InChI is InChI=1S/C15H13NO7S2/c1-9(15(17)18)16-25(21,22)10-6-7-12-14(8-10)24(19,20)13-5-3-2-4-11(13)23-12/h2-9,16H,1H3,(H,17,18)/t9-/m1/s1. The highest BCUT2D eigenvalue weighted by Crippen LogP contribution is 2.42. The molecule has 1 heterocycles. The number of benzene rings is 2. The van der Waals surface area contributed by atoms with E-state index in [0.717, 1.165) is 19.1 Å². The topological polar surface area (TPSA) is 127 Å².